The van der Waals surface area contributed by atoms with Crippen LogP contribution in [0, 0.1) is 0 Å². The molecule has 2 heterocycles. The molecule has 2 aromatic rings. The summed E-state index contributed by atoms with van der Waals surface area (Å²) in [6.07, 6.45) is 5.07. The third-order valence-corrected chi connectivity index (χ3v) is 4.75. The lowest BCUT2D eigenvalue weighted by Gasteiger charge is -2.26. The van der Waals surface area contributed by atoms with Crippen LogP contribution in [0.3, 0.4) is 0 Å². The van der Waals surface area contributed by atoms with E-state index in [0.717, 1.165) is 42.1 Å². The summed E-state index contributed by atoms with van der Waals surface area (Å²) in [6, 6.07) is 5.89. The molecule has 116 valence electrons. The first-order valence-corrected chi connectivity index (χ1v) is 8.42. The molecule has 1 saturated carbocycles. The fourth-order valence-electron chi connectivity index (χ4n) is 2.66. The fourth-order valence-corrected chi connectivity index (χ4v) is 3.45. The first-order chi connectivity index (χ1) is 10.7. The molecule has 5 nitrogen and oxygen atoms in total. The van der Waals surface area contributed by atoms with E-state index in [2.05, 4.69) is 15.3 Å². The molecule has 1 amide bonds. The van der Waals surface area contributed by atoms with E-state index < -0.39 is 0 Å². The minimum Gasteiger partial charge on any atom is -0.393 e. The molecule has 0 saturated heterocycles. The van der Waals surface area contributed by atoms with Gasteiger partial charge in [-0.2, -0.15) is 0 Å². The molecule has 1 fully saturated rings. The molecule has 0 spiro atoms. The zero-order valence-corrected chi connectivity index (χ0v) is 13.1. The highest BCUT2D eigenvalue weighted by molar-refractivity contribution is 7.13. The van der Waals surface area contributed by atoms with Gasteiger partial charge in [0.2, 0.25) is 5.91 Å². The van der Waals surface area contributed by atoms with Gasteiger partial charge in [0.15, 0.2) is 0 Å². The SMILES string of the molecule is O=C(Cc1csc(-c2ccccn2)n1)NC1CCC(O)CC1. The van der Waals surface area contributed by atoms with Gasteiger partial charge in [0.1, 0.15) is 5.01 Å². The maximum atomic E-state index is 12.1. The zero-order valence-electron chi connectivity index (χ0n) is 12.2. The van der Waals surface area contributed by atoms with Crippen LogP contribution in [0.2, 0.25) is 0 Å². The summed E-state index contributed by atoms with van der Waals surface area (Å²) in [5, 5.41) is 15.3. The van der Waals surface area contributed by atoms with Crippen LogP contribution < -0.4 is 5.32 Å². The van der Waals surface area contributed by atoms with Crippen molar-refractivity contribution < 1.29 is 9.90 Å². The Morgan fingerprint density at radius 2 is 2.14 bits per heavy atom. The quantitative estimate of drug-likeness (QED) is 0.906. The second-order valence-electron chi connectivity index (χ2n) is 5.61. The smallest absolute Gasteiger partial charge is 0.226 e. The van der Waals surface area contributed by atoms with Crippen molar-refractivity contribution in [1.82, 2.24) is 15.3 Å². The van der Waals surface area contributed by atoms with Crippen molar-refractivity contribution >= 4 is 17.2 Å². The molecule has 0 bridgehead atoms. The van der Waals surface area contributed by atoms with Crippen molar-refractivity contribution in [3.63, 3.8) is 0 Å². The van der Waals surface area contributed by atoms with Gasteiger partial charge in [0.05, 0.1) is 23.9 Å². The molecule has 2 N–H and O–H groups in total. The molecular formula is C16H19N3O2S. The first-order valence-electron chi connectivity index (χ1n) is 7.54. The molecule has 0 unspecified atom stereocenters. The number of carbonyl (C=O) groups is 1. The van der Waals surface area contributed by atoms with Crippen molar-refractivity contribution in [3.05, 3.63) is 35.5 Å². The standard InChI is InChI=1S/C16H19N3O2S/c20-13-6-4-11(5-7-13)18-15(21)9-12-10-22-16(19-12)14-3-1-2-8-17-14/h1-3,8,10-11,13,20H,4-7,9H2,(H,18,21). The maximum Gasteiger partial charge on any atom is 0.226 e. The molecule has 0 aromatic carbocycles. The number of rotatable bonds is 4. The van der Waals surface area contributed by atoms with Crippen molar-refractivity contribution in [1.29, 1.82) is 0 Å². The Bertz CT molecular complexity index is 621. The lowest BCUT2D eigenvalue weighted by Crippen LogP contribution is -2.39. The average Bonchev–Trinajstić information content (AvgIpc) is 2.99. The molecule has 2 aromatic heterocycles. The lowest BCUT2D eigenvalue weighted by molar-refractivity contribution is -0.121. The number of aliphatic hydroxyl groups excluding tert-OH is 1. The Morgan fingerprint density at radius 3 is 2.86 bits per heavy atom. The summed E-state index contributed by atoms with van der Waals surface area (Å²) in [5.41, 5.74) is 1.61. The topological polar surface area (TPSA) is 75.1 Å². The van der Waals surface area contributed by atoms with Gasteiger partial charge in [0, 0.05) is 17.6 Å². The van der Waals surface area contributed by atoms with E-state index in [-0.39, 0.29) is 18.1 Å². The van der Waals surface area contributed by atoms with Gasteiger partial charge < -0.3 is 10.4 Å². The largest absolute Gasteiger partial charge is 0.393 e. The number of hydrogen-bond acceptors (Lipinski definition) is 5. The first kappa shape index (κ1) is 15.1. The Kier molecular flexibility index (Phi) is 4.80. The van der Waals surface area contributed by atoms with Crippen LogP contribution in [0.15, 0.2) is 29.8 Å². The van der Waals surface area contributed by atoms with E-state index in [4.69, 9.17) is 0 Å². The van der Waals surface area contributed by atoms with Gasteiger partial charge in [-0.15, -0.1) is 11.3 Å². The van der Waals surface area contributed by atoms with E-state index in [9.17, 15) is 9.90 Å². The zero-order chi connectivity index (χ0) is 15.4. The summed E-state index contributed by atoms with van der Waals surface area (Å²) in [7, 11) is 0. The molecule has 0 radical (unpaired) electrons. The van der Waals surface area contributed by atoms with Crippen LogP contribution in [-0.2, 0) is 11.2 Å². The predicted octanol–water partition coefficient (Wildman–Crippen LogP) is 2.17. The summed E-state index contributed by atoms with van der Waals surface area (Å²) < 4.78 is 0. The van der Waals surface area contributed by atoms with E-state index >= 15 is 0 Å². The Hall–Kier alpha value is -1.79. The molecule has 1 aliphatic rings. The summed E-state index contributed by atoms with van der Waals surface area (Å²) in [6.45, 7) is 0. The number of aliphatic hydroxyl groups is 1. The number of thiazole rings is 1. The highest BCUT2D eigenvalue weighted by Crippen LogP contribution is 2.22. The Labute approximate surface area is 133 Å². The number of carbonyl (C=O) groups excluding carboxylic acids is 1. The van der Waals surface area contributed by atoms with Crippen molar-refractivity contribution in [3.8, 4) is 10.7 Å². The van der Waals surface area contributed by atoms with Gasteiger partial charge in [-0.05, 0) is 37.8 Å². The normalized spacial score (nSPS) is 21.5. The van der Waals surface area contributed by atoms with Crippen molar-refractivity contribution in [2.24, 2.45) is 0 Å². The van der Waals surface area contributed by atoms with Crippen molar-refractivity contribution in [2.45, 2.75) is 44.2 Å². The van der Waals surface area contributed by atoms with E-state index in [1.807, 2.05) is 23.6 Å². The number of nitrogens with one attached hydrogen (secondary N) is 1. The molecule has 1 aliphatic carbocycles. The van der Waals surface area contributed by atoms with E-state index in [1.54, 1.807) is 6.20 Å². The van der Waals surface area contributed by atoms with Gasteiger partial charge >= 0.3 is 0 Å². The second kappa shape index (κ2) is 6.98. The van der Waals surface area contributed by atoms with Crippen LogP contribution in [0.25, 0.3) is 10.7 Å². The lowest BCUT2D eigenvalue weighted by atomic mass is 9.93. The van der Waals surface area contributed by atoms with E-state index in [1.165, 1.54) is 11.3 Å². The van der Waals surface area contributed by atoms with Gasteiger partial charge in [-0.25, -0.2) is 4.98 Å². The number of amides is 1. The number of nitrogens with zero attached hydrogens (tertiary/aromatic N) is 2. The summed E-state index contributed by atoms with van der Waals surface area (Å²) in [4.78, 5) is 20.8. The molecule has 22 heavy (non-hydrogen) atoms. The fraction of sp³-hybridized carbons (Fsp3) is 0.438. The Morgan fingerprint density at radius 1 is 1.32 bits per heavy atom. The van der Waals surface area contributed by atoms with Gasteiger partial charge in [-0.3, -0.25) is 9.78 Å². The van der Waals surface area contributed by atoms with Gasteiger partial charge in [0.25, 0.3) is 0 Å². The third kappa shape index (κ3) is 3.90. The number of aromatic nitrogens is 2. The monoisotopic (exact) mass is 317 g/mol. The van der Waals surface area contributed by atoms with E-state index in [0.29, 0.717) is 6.42 Å². The number of pyridine rings is 1. The highest BCUT2D eigenvalue weighted by atomic mass is 32.1. The summed E-state index contributed by atoms with van der Waals surface area (Å²) in [5.74, 6) is -0.000685. The van der Waals surface area contributed by atoms with Gasteiger partial charge in [-0.1, -0.05) is 6.07 Å². The molecule has 0 atom stereocenters. The number of hydrogen-bond donors (Lipinski definition) is 2. The third-order valence-electron chi connectivity index (χ3n) is 3.84. The van der Waals surface area contributed by atoms with Crippen LogP contribution >= 0.6 is 11.3 Å². The minimum absolute atomic E-state index is 0.000685. The maximum absolute atomic E-state index is 12.1. The van der Waals surface area contributed by atoms with Crippen LogP contribution in [0.5, 0.6) is 0 Å². The molecule has 6 heteroatoms. The van der Waals surface area contributed by atoms with Crippen LogP contribution in [0.1, 0.15) is 31.4 Å². The minimum atomic E-state index is -0.201. The molecular weight excluding hydrogens is 298 g/mol. The average molecular weight is 317 g/mol. The predicted molar refractivity (Wildman–Crippen MR) is 85.5 cm³/mol. The van der Waals surface area contributed by atoms with Crippen molar-refractivity contribution in [2.75, 3.05) is 0 Å². The Balaban J connectivity index is 1.55. The highest BCUT2D eigenvalue weighted by Gasteiger charge is 2.21. The summed E-state index contributed by atoms with van der Waals surface area (Å²) >= 11 is 1.50. The van der Waals surface area contributed by atoms with Crippen LogP contribution in [0.4, 0.5) is 0 Å². The second-order valence-corrected chi connectivity index (χ2v) is 6.47. The molecule has 3 rings (SSSR count). The van der Waals surface area contributed by atoms with Crippen LogP contribution in [-0.4, -0.2) is 33.1 Å². The molecule has 0 aliphatic heterocycles.